The largest absolute Gasteiger partial charge is 0.341 e. The summed E-state index contributed by atoms with van der Waals surface area (Å²) < 4.78 is 38.6. The fourth-order valence-corrected chi connectivity index (χ4v) is 7.43. The Morgan fingerprint density at radius 3 is 2.58 bits per heavy atom. The molecule has 0 unspecified atom stereocenters. The average molecular weight is 520 g/mol. The van der Waals surface area contributed by atoms with Gasteiger partial charge in [-0.3, -0.25) is 4.79 Å². The van der Waals surface area contributed by atoms with Gasteiger partial charge in [0.25, 0.3) is 0 Å². The van der Waals surface area contributed by atoms with Gasteiger partial charge in [0.1, 0.15) is 15.9 Å². The van der Waals surface area contributed by atoms with Crippen LogP contribution in [0.3, 0.4) is 0 Å². The second kappa shape index (κ2) is 8.95. The molecule has 10 heteroatoms. The molecule has 6 rings (SSSR count). The zero-order valence-electron chi connectivity index (χ0n) is 19.7. The second-order valence-corrected chi connectivity index (χ2v) is 11.5. The maximum absolute atomic E-state index is 13.3. The van der Waals surface area contributed by atoms with Gasteiger partial charge < -0.3 is 9.88 Å². The zero-order valence-corrected chi connectivity index (χ0v) is 21.3. The first-order valence-corrected chi connectivity index (χ1v) is 14.2. The van der Waals surface area contributed by atoms with Crippen LogP contribution in [0.1, 0.15) is 19.8 Å². The standard InChI is InChI=1S/C26H25N5O3S2/c1-2-31-22-8-4-3-6-19(22)20-16-18(10-11-23(20)31)27-26(32)17-12-14-30(15-13-17)36(33,34)24-9-5-7-21-25(24)29-35-28-21/h3-11,16-17H,2,12-15H2,1H3,(H,27,32). The van der Waals surface area contributed by atoms with Crippen molar-refractivity contribution in [3.63, 3.8) is 0 Å². The summed E-state index contributed by atoms with van der Waals surface area (Å²) in [7, 11) is -3.71. The van der Waals surface area contributed by atoms with Gasteiger partial charge in [-0.25, -0.2) is 8.42 Å². The van der Waals surface area contributed by atoms with Gasteiger partial charge in [-0.2, -0.15) is 13.1 Å². The van der Waals surface area contributed by atoms with E-state index in [0.717, 1.165) is 40.2 Å². The van der Waals surface area contributed by atoms with E-state index in [1.807, 2.05) is 24.3 Å². The Hall–Kier alpha value is -3.34. The third-order valence-electron chi connectivity index (χ3n) is 7.05. The number of anilines is 1. The summed E-state index contributed by atoms with van der Waals surface area (Å²) in [6.45, 7) is 3.57. The third kappa shape index (κ3) is 3.76. The van der Waals surface area contributed by atoms with Gasteiger partial charge in [-0.1, -0.05) is 24.3 Å². The Morgan fingerprint density at radius 1 is 1.00 bits per heavy atom. The van der Waals surface area contributed by atoms with Crippen molar-refractivity contribution in [3.05, 3.63) is 60.7 Å². The molecule has 1 aliphatic heterocycles. The highest BCUT2D eigenvalue weighted by molar-refractivity contribution is 7.89. The van der Waals surface area contributed by atoms with Crippen LogP contribution in [0.5, 0.6) is 0 Å². The molecule has 8 nitrogen and oxygen atoms in total. The highest BCUT2D eigenvalue weighted by Crippen LogP contribution is 2.32. The van der Waals surface area contributed by atoms with Gasteiger partial charge in [0.2, 0.25) is 15.9 Å². The number of carbonyl (C=O) groups excluding carboxylic acids is 1. The number of fused-ring (bicyclic) bond motifs is 4. The van der Waals surface area contributed by atoms with Gasteiger partial charge in [0.15, 0.2) is 0 Å². The minimum atomic E-state index is -3.71. The average Bonchev–Trinajstić information content (AvgIpc) is 3.51. The van der Waals surface area contributed by atoms with E-state index in [1.165, 1.54) is 9.82 Å². The van der Waals surface area contributed by atoms with Crippen LogP contribution in [0.2, 0.25) is 0 Å². The minimum absolute atomic E-state index is 0.0727. The second-order valence-electron chi connectivity index (χ2n) is 9.05. The lowest BCUT2D eigenvalue weighted by molar-refractivity contribution is -0.120. The summed E-state index contributed by atoms with van der Waals surface area (Å²) in [6.07, 6.45) is 0.932. The van der Waals surface area contributed by atoms with Crippen molar-refractivity contribution >= 4 is 66.2 Å². The van der Waals surface area contributed by atoms with Crippen molar-refractivity contribution in [2.24, 2.45) is 5.92 Å². The summed E-state index contributed by atoms with van der Waals surface area (Å²) >= 11 is 1.00. The molecule has 5 aromatic rings. The number of hydrogen-bond donors (Lipinski definition) is 1. The van der Waals surface area contributed by atoms with Crippen molar-refractivity contribution in [1.82, 2.24) is 17.6 Å². The number of hydrogen-bond acceptors (Lipinski definition) is 6. The molecule has 1 N–H and O–H groups in total. The summed E-state index contributed by atoms with van der Waals surface area (Å²) in [6, 6.07) is 19.3. The first kappa shape index (κ1) is 23.1. The predicted molar refractivity (Wildman–Crippen MR) is 143 cm³/mol. The number of nitrogens with zero attached hydrogens (tertiary/aromatic N) is 4. The Bertz CT molecular complexity index is 1720. The molecule has 1 aliphatic rings. The number of piperidine rings is 1. The van der Waals surface area contributed by atoms with Crippen molar-refractivity contribution in [2.45, 2.75) is 31.2 Å². The third-order valence-corrected chi connectivity index (χ3v) is 9.52. The molecule has 3 aromatic carbocycles. The molecular weight excluding hydrogens is 494 g/mol. The zero-order chi connectivity index (χ0) is 24.9. The molecule has 2 aromatic heterocycles. The van der Waals surface area contributed by atoms with Crippen LogP contribution in [-0.4, -0.2) is 45.0 Å². The predicted octanol–water partition coefficient (Wildman–Crippen LogP) is 4.86. The molecule has 1 fully saturated rings. The molecule has 1 amide bonds. The highest BCUT2D eigenvalue weighted by Gasteiger charge is 2.33. The van der Waals surface area contributed by atoms with Crippen molar-refractivity contribution < 1.29 is 13.2 Å². The van der Waals surface area contributed by atoms with Crippen LogP contribution in [0.4, 0.5) is 5.69 Å². The topological polar surface area (TPSA) is 97.2 Å². The van der Waals surface area contributed by atoms with Crippen molar-refractivity contribution in [3.8, 4) is 0 Å². The maximum Gasteiger partial charge on any atom is 0.245 e. The molecule has 0 spiro atoms. The molecule has 1 saturated heterocycles. The molecule has 36 heavy (non-hydrogen) atoms. The van der Waals surface area contributed by atoms with E-state index in [9.17, 15) is 13.2 Å². The fourth-order valence-electron chi connectivity index (χ4n) is 5.20. The highest BCUT2D eigenvalue weighted by atomic mass is 32.2. The summed E-state index contributed by atoms with van der Waals surface area (Å²) in [5, 5.41) is 5.34. The quantitative estimate of drug-likeness (QED) is 0.358. The van der Waals surface area contributed by atoms with Crippen molar-refractivity contribution in [1.29, 1.82) is 0 Å². The van der Waals surface area contributed by atoms with E-state index < -0.39 is 10.0 Å². The number of benzene rings is 3. The van der Waals surface area contributed by atoms with E-state index in [4.69, 9.17) is 0 Å². The van der Waals surface area contributed by atoms with Gasteiger partial charge in [-0.05, 0) is 56.2 Å². The smallest absolute Gasteiger partial charge is 0.245 e. The molecule has 3 heterocycles. The van der Waals surface area contributed by atoms with Crippen LogP contribution >= 0.6 is 11.7 Å². The fraction of sp³-hybridized carbons (Fsp3) is 0.269. The molecule has 0 saturated carbocycles. The lowest BCUT2D eigenvalue weighted by atomic mass is 9.97. The number of aryl methyl sites for hydroxylation is 1. The lowest BCUT2D eigenvalue weighted by Crippen LogP contribution is -2.41. The Morgan fingerprint density at radius 2 is 1.78 bits per heavy atom. The van der Waals surface area contributed by atoms with Gasteiger partial charge in [0.05, 0.1) is 11.7 Å². The molecule has 0 atom stereocenters. The van der Waals surface area contributed by atoms with Crippen LogP contribution in [-0.2, 0) is 21.4 Å². The van der Waals surface area contributed by atoms with Crippen LogP contribution in [0, 0.1) is 5.92 Å². The number of para-hydroxylation sites is 1. The van der Waals surface area contributed by atoms with Gasteiger partial charge in [-0.15, -0.1) is 0 Å². The summed E-state index contributed by atoms with van der Waals surface area (Å²) in [5.74, 6) is -0.322. The first-order valence-electron chi connectivity index (χ1n) is 12.0. The van der Waals surface area contributed by atoms with Gasteiger partial charge >= 0.3 is 0 Å². The number of nitrogens with one attached hydrogen (secondary N) is 1. The molecule has 0 bridgehead atoms. The normalized spacial score (nSPS) is 15.7. The van der Waals surface area contributed by atoms with E-state index in [1.54, 1.807) is 18.2 Å². The van der Waals surface area contributed by atoms with E-state index in [2.05, 4.69) is 43.8 Å². The molecule has 0 aliphatic carbocycles. The molecule has 184 valence electrons. The lowest BCUT2D eigenvalue weighted by Gasteiger charge is -2.30. The Kier molecular flexibility index (Phi) is 5.74. The molecular formula is C26H25N5O3S2. The summed E-state index contributed by atoms with van der Waals surface area (Å²) in [5.41, 5.74) is 4.05. The molecule has 0 radical (unpaired) electrons. The van der Waals surface area contributed by atoms with E-state index in [0.29, 0.717) is 23.9 Å². The van der Waals surface area contributed by atoms with E-state index >= 15 is 0 Å². The van der Waals surface area contributed by atoms with Crippen molar-refractivity contribution in [2.75, 3.05) is 18.4 Å². The minimum Gasteiger partial charge on any atom is -0.341 e. The first-order chi connectivity index (χ1) is 17.5. The monoisotopic (exact) mass is 519 g/mol. The SMILES string of the molecule is CCn1c2ccccc2c2cc(NC(=O)C3CCN(S(=O)(=O)c4cccc5nsnc45)CC3)ccc21. The number of aromatic nitrogens is 3. The number of carbonyl (C=O) groups is 1. The van der Waals surface area contributed by atoms with Crippen LogP contribution in [0.15, 0.2) is 65.6 Å². The number of rotatable bonds is 5. The maximum atomic E-state index is 13.3. The number of amides is 1. The Labute approximate surface area is 212 Å². The van der Waals surface area contributed by atoms with Crippen LogP contribution < -0.4 is 5.32 Å². The van der Waals surface area contributed by atoms with Gasteiger partial charge in [0, 0.05) is 53.0 Å². The van der Waals surface area contributed by atoms with E-state index in [-0.39, 0.29) is 29.8 Å². The summed E-state index contributed by atoms with van der Waals surface area (Å²) in [4.78, 5) is 13.3. The van der Waals surface area contributed by atoms with Crippen LogP contribution in [0.25, 0.3) is 32.8 Å². The number of sulfonamides is 1. The Balaban J connectivity index is 1.18.